The molecule has 3 heterocycles. The molecule has 1 amide bonds. The maximum atomic E-state index is 13.2. The second-order valence-corrected chi connectivity index (χ2v) is 8.40. The number of methoxy groups -OCH3 is 1. The highest BCUT2D eigenvalue weighted by Gasteiger charge is 2.40. The number of aryl methyl sites for hydroxylation is 1. The van der Waals surface area contributed by atoms with E-state index in [1.54, 1.807) is 7.11 Å². The summed E-state index contributed by atoms with van der Waals surface area (Å²) in [4.78, 5) is 15.1. The van der Waals surface area contributed by atoms with Gasteiger partial charge in [-0.3, -0.25) is 4.79 Å². The van der Waals surface area contributed by atoms with Crippen LogP contribution in [0, 0.1) is 6.92 Å². The summed E-state index contributed by atoms with van der Waals surface area (Å²) >= 11 is 5.03. The fourth-order valence-electron chi connectivity index (χ4n) is 3.39. The molecule has 1 N–H and O–H groups in total. The Kier molecular flexibility index (Phi) is 4.83. The number of rotatable bonds is 3. The summed E-state index contributed by atoms with van der Waals surface area (Å²) in [6.45, 7) is 3.56. The molecular weight excluding hydrogens is 418 g/mol. The monoisotopic (exact) mass is 437 g/mol. The molecule has 9 heteroatoms. The zero-order valence-corrected chi connectivity index (χ0v) is 17.0. The quantitative estimate of drug-likeness (QED) is 0.795. The van der Waals surface area contributed by atoms with E-state index in [1.807, 2.05) is 34.7 Å². The summed E-state index contributed by atoms with van der Waals surface area (Å²) in [6, 6.07) is 5.73. The number of hydrogen-bond acceptors (Lipinski definition) is 6. The highest BCUT2D eigenvalue weighted by molar-refractivity contribution is 9.10. The SMILES string of the molecule is COc1ccc([C@@H]2Nn3c(C)nnc3S[C@H]2C(=O)N2CCCC2)cc1Br. The van der Waals surface area contributed by atoms with Crippen molar-refractivity contribution in [3.05, 3.63) is 34.1 Å². The lowest BCUT2D eigenvalue weighted by atomic mass is 10.0. The van der Waals surface area contributed by atoms with E-state index in [4.69, 9.17) is 4.74 Å². The van der Waals surface area contributed by atoms with Gasteiger partial charge in [0.15, 0.2) is 0 Å². The number of amides is 1. The summed E-state index contributed by atoms with van der Waals surface area (Å²) < 4.78 is 8.06. The second kappa shape index (κ2) is 7.11. The Bertz CT molecular complexity index is 837. The maximum absolute atomic E-state index is 13.2. The first kappa shape index (κ1) is 17.7. The van der Waals surface area contributed by atoms with E-state index in [2.05, 4.69) is 31.6 Å². The first-order valence-electron chi connectivity index (χ1n) is 8.56. The van der Waals surface area contributed by atoms with Crippen molar-refractivity contribution in [1.82, 2.24) is 19.8 Å². The topological polar surface area (TPSA) is 72.3 Å². The number of thioether (sulfide) groups is 1. The third-order valence-electron chi connectivity index (χ3n) is 4.79. The van der Waals surface area contributed by atoms with Gasteiger partial charge in [-0.05, 0) is 53.4 Å². The minimum atomic E-state index is -0.288. The van der Waals surface area contributed by atoms with E-state index in [9.17, 15) is 4.79 Å². The minimum Gasteiger partial charge on any atom is -0.496 e. The van der Waals surface area contributed by atoms with Gasteiger partial charge in [-0.15, -0.1) is 10.2 Å². The Hall–Kier alpha value is -1.74. The van der Waals surface area contributed by atoms with Gasteiger partial charge < -0.3 is 15.1 Å². The third kappa shape index (κ3) is 3.07. The predicted molar refractivity (Wildman–Crippen MR) is 103 cm³/mol. The summed E-state index contributed by atoms with van der Waals surface area (Å²) in [7, 11) is 1.64. The van der Waals surface area contributed by atoms with Crippen molar-refractivity contribution in [2.75, 3.05) is 25.6 Å². The molecule has 2 aromatic rings. The Morgan fingerprint density at radius 3 is 2.81 bits per heavy atom. The molecule has 4 rings (SSSR count). The van der Waals surface area contributed by atoms with Gasteiger partial charge in [0.05, 0.1) is 17.6 Å². The van der Waals surface area contributed by atoms with Crippen LogP contribution in [0.25, 0.3) is 0 Å². The molecule has 2 aliphatic heterocycles. The standard InChI is InChI=1S/C17H20BrN5O2S/c1-10-19-20-17-23(10)21-14(11-5-6-13(25-2)12(18)9-11)15(26-17)16(24)22-7-3-4-8-22/h5-6,9,14-15,21H,3-4,7-8H2,1-2H3/t14-,15+/m0/s1. The Labute approximate surface area is 164 Å². The van der Waals surface area contributed by atoms with Gasteiger partial charge in [-0.25, -0.2) is 4.68 Å². The second-order valence-electron chi connectivity index (χ2n) is 6.44. The molecule has 0 saturated carbocycles. The molecule has 138 valence electrons. The highest BCUT2D eigenvalue weighted by atomic mass is 79.9. The van der Waals surface area contributed by atoms with E-state index in [-0.39, 0.29) is 17.2 Å². The van der Waals surface area contributed by atoms with Crippen LogP contribution in [0.2, 0.25) is 0 Å². The summed E-state index contributed by atoms with van der Waals surface area (Å²) in [6.07, 6.45) is 2.15. The Morgan fingerprint density at radius 1 is 1.35 bits per heavy atom. The van der Waals surface area contributed by atoms with E-state index >= 15 is 0 Å². The van der Waals surface area contributed by atoms with Crippen LogP contribution in [0.3, 0.4) is 0 Å². The molecule has 26 heavy (non-hydrogen) atoms. The zero-order chi connectivity index (χ0) is 18.3. The average Bonchev–Trinajstić information content (AvgIpc) is 3.30. The molecule has 7 nitrogen and oxygen atoms in total. The molecule has 1 aromatic heterocycles. The normalized spacial score (nSPS) is 22.0. The Morgan fingerprint density at radius 2 is 2.12 bits per heavy atom. The number of aromatic nitrogens is 3. The molecule has 2 aliphatic rings. The number of carbonyl (C=O) groups is 1. The molecule has 0 bridgehead atoms. The molecule has 0 radical (unpaired) electrons. The first-order valence-corrected chi connectivity index (χ1v) is 10.2. The average molecular weight is 438 g/mol. The number of nitrogens with zero attached hydrogens (tertiary/aromatic N) is 4. The number of fused-ring (bicyclic) bond motifs is 1. The van der Waals surface area contributed by atoms with Gasteiger partial charge in [-0.1, -0.05) is 17.8 Å². The summed E-state index contributed by atoms with van der Waals surface area (Å²) in [5.74, 6) is 1.70. The number of nitrogens with one attached hydrogen (secondary N) is 1. The van der Waals surface area contributed by atoms with Crippen molar-refractivity contribution < 1.29 is 9.53 Å². The fourth-order valence-corrected chi connectivity index (χ4v) is 5.16. The van der Waals surface area contributed by atoms with Crippen LogP contribution < -0.4 is 10.2 Å². The number of hydrogen-bond donors (Lipinski definition) is 1. The van der Waals surface area contributed by atoms with Crippen molar-refractivity contribution >= 4 is 33.6 Å². The van der Waals surface area contributed by atoms with E-state index < -0.39 is 0 Å². The maximum Gasteiger partial charge on any atom is 0.238 e. The summed E-state index contributed by atoms with van der Waals surface area (Å²) in [5.41, 5.74) is 4.46. The fraction of sp³-hybridized carbons (Fsp3) is 0.471. The molecular formula is C17H20BrN5O2S. The predicted octanol–water partition coefficient (Wildman–Crippen LogP) is 2.74. The lowest BCUT2D eigenvalue weighted by Crippen LogP contribution is -2.45. The zero-order valence-electron chi connectivity index (χ0n) is 14.6. The number of benzene rings is 1. The van der Waals surface area contributed by atoms with Crippen molar-refractivity contribution in [2.45, 2.75) is 36.2 Å². The van der Waals surface area contributed by atoms with Gasteiger partial charge in [0, 0.05) is 13.1 Å². The van der Waals surface area contributed by atoms with Gasteiger partial charge in [0.1, 0.15) is 16.8 Å². The smallest absolute Gasteiger partial charge is 0.238 e. The highest BCUT2D eigenvalue weighted by Crippen LogP contribution is 2.40. The molecule has 1 fully saturated rings. The van der Waals surface area contributed by atoms with Gasteiger partial charge >= 0.3 is 0 Å². The molecule has 0 aliphatic carbocycles. The number of halogens is 1. The van der Waals surface area contributed by atoms with E-state index in [0.29, 0.717) is 0 Å². The van der Waals surface area contributed by atoms with E-state index in [1.165, 1.54) is 11.8 Å². The van der Waals surface area contributed by atoms with Crippen molar-refractivity contribution in [3.8, 4) is 5.75 Å². The summed E-state index contributed by atoms with van der Waals surface area (Å²) in [5, 5.41) is 8.78. The Balaban J connectivity index is 1.71. The lowest BCUT2D eigenvalue weighted by molar-refractivity contribution is -0.129. The minimum absolute atomic E-state index is 0.156. The molecule has 0 unspecified atom stereocenters. The van der Waals surface area contributed by atoms with Crippen LogP contribution in [-0.2, 0) is 4.79 Å². The molecule has 2 atom stereocenters. The van der Waals surface area contributed by atoms with Gasteiger partial charge in [0.2, 0.25) is 11.1 Å². The van der Waals surface area contributed by atoms with Crippen LogP contribution in [0.15, 0.2) is 27.8 Å². The van der Waals surface area contributed by atoms with Crippen LogP contribution in [0.5, 0.6) is 5.75 Å². The van der Waals surface area contributed by atoms with Crippen LogP contribution in [0.4, 0.5) is 0 Å². The van der Waals surface area contributed by atoms with Crippen molar-refractivity contribution in [3.63, 3.8) is 0 Å². The lowest BCUT2D eigenvalue weighted by Gasteiger charge is -2.34. The van der Waals surface area contributed by atoms with Gasteiger partial charge in [-0.2, -0.15) is 0 Å². The van der Waals surface area contributed by atoms with Crippen molar-refractivity contribution in [1.29, 1.82) is 0 Å². The molecule has 1 aromatic carbocycles. The third-order valence-corrected chi connectivity index (χ3v) is 6.62. The largest absolute Gasteiger partial charge is 0.496 e. The van der Waals surface area contributed by atoms with Crippen LogP contribution in [-0.4, -0.2) is 51.1 Å². The molecule has 1 saturated heterocycles. The first-order chi connectivity index (χ1) is 12.6. The van der Waals surface area contributed by atoms with Crippen LogP contribution >= 0.6 is 27.7 Å². The number of carbonyl (C=O) groups excluding carboxylic acids is 1. The number of ether oxygens (including phenoxy) is 1. The van der Waals surface area contributed by atoms with E-state index in [0.717, 1.165) is 52.7 Å². The molecule has 0 spiro atoms. The number of likely N-dealkylation sites (tertiary alicyclic amines) is 1. The van der Waals surface area contributed by atoms with Crippen molar-refractivity contribution in [2.24, 2.45) is 0 Å². The van der Waals surface area contributed by atoms with Crippen LogP contribution in [0.1, 0.15) is 30.3 Å². The van der Waals surface area contributed by atoms with Gasteiger partial charge in [0.25, 0.3) is 0 Å².